The van der Waals surface area contributed by atoms with Crippen molar-refractivity contribution in [1.82, 2.24) is 5.32 Å². The van der Waals surface area contributed by atoms with Gasteiger partial charge < -0.3 is 5.32 Å². The van der Waals surface area contributed by atoms with Crippen LogP contribution in [0.2, 0.25) is 0 Å². The highest BCUT2D eigenvalue weighted by Crippen LogP contribution is 2.16. The van der Waals surface area contributed by atoms with Crippen molar-refractivity contribution in [3.63, 3.8) is 0 Å². The molecule has 0 saturated carbocycles. The van der Waals surface area contributed by atoms with Gasteiger partial charge in [-0.2, -0.15) is 0 Å². The Morgan fingerprint density at radius 3 is 3.10 bits per heavy atom. The molecule has 3 heteroatoms. The van der Waals surface area contributed by atoms with Gasteiger partial charge in [-0.05, 0) is 18.8 Å². The van der Waals surface area contributed by atoms with E-state index in [4.69, 9.17) is 0 Å². The van der Waals surface area contributed by atoms with Gasteiger partial charge in [0.25, 0.3) is 0 Å². The molecule has 1 fully saturated rings. The lowest BCUT2D eigenvalue weighted by Gasteiger charge is -2.20. The van der Waals surface area contributed by atoms with Crippen LogP contribution in [0.15, 0.2) is 0 Å². The van der Waals surface area contributed by atoms with Gasteiger partial charge in [0, 0.05) is 18.3 Å². The van der Waals surface area contributed by atoms with Crippen LogP contribution in [0.5, 0.6) is 0 Å². The Balaban J connectivity index is 2.25. The van der Waals surface area contributed by atoms with Crippen molar-refractivity contribution in [3.05, 3.63) is 0 Å². The summed E-state index contributed by atoms with van der Waals surface area (Å²) in [7, 11) is 0. The zero-order valence-electron chi connectivity index (χ0n) is 5.90. The second kappa shape index (κ2) is 3.96. The van der Waals surface area contributed by atoms with Gasteiger partial charge in [-0.3, -0.25) is 4.79 Å². The van der Waals surface area contributed by atoms with Crippen LogP contribution in [0.3, 0.4) is 0 Å². The fraction of sp³-hybridized carbons (Fsp3) is 0.857. The minimum absolute atomic E-state index is 0.220. The van der Waals surface area contributed by atoms with E-state index in [0.29, 0.717) is 5.92 Å². The van der Waals surface area contributed by atoms with Gasteiger partial charge in [-0.15, -0.1) is 0 Å². The van der Waals surface area contributed by atoms with Gasteiger partial charge in [-0.1, -0.05) is 15.9 Å². The molecule has 0 aliphatic carbocycles. The molecule has 1 N–H and O–H groups in total. The van der Waals surface area contributed by atoms with E-state index in [1.165, 1.54) is 0 Å². The summed E-state index contributed by atoms with van der Waals surface area (Å²) in [6.07, 6.45) is 3.01. The molecule has 1 aliphatic heterocycles. The highest BCUT2D eigenvalue weighted by Gasteiger charge is 2.17. The van der Waals surface area contributed by atoms with E-state index in [1.807, 2.05) is 0 Å². The normalized spacial score (nSPS) is 26.1. The van der Waals surface area contributed by atoms with Crippen molar-refractivity contribution in [1.29, 1.82) is 0 Å². The number of piperidine rings is 1. The number of alkyl halides is 1. The summed E-state index contributed by atoms with van der Waals surface area (Å²) in [6, 6.07) is 0. The summed E-state index contributed by atoms with van der Waals surface area (Å²) >= 11 is 3.37. The summed E-state index contributed by atoms with van der Waals surface area (Å²) in [5.41, 5.74) is 0. The van der Waals surface area contributed by atoms with E-state index in [2.05, 4.69) is 21.2 Å². The highest BCUT2D eigenvalue weighted by molar-refractivity contribution is 9.09. The Labute approximate surface area is 69.5 Å². The molecule has 0 aromatic carbocycles. The predicted molar refractivity (Wildman–Crippen MR) is 44.1 cm³/mol. The van der Waals surface area contributed by atoms with Crippen LogP contribution in [-0.4, -0.2) is 17.8 Å². The standard InChI is InChI=1S/C7H12BrNO/c8-3-1-6-2-4-9-7(10)5-6/h6H,1-5H2,(H,9,10). The topological polar surface area (TPSA) is 29.1 Å². The molecular formula is C7H12BrNO. The first-order chi connectivity index (χ1) is 4.83. The zero-order valence-corrected chi connectivity index (χ0v) is 7.49. The average Bonchev–Trinajstić information content (AvgIpc) is 1.88. The third-order valence-electron chi connectivity index (χ3n) is 1.87. The lowest BCUT2D eigenvalue weighted by molar-refractivity contribution is -0.123. The molecule has 0 aromatic heterocycles. The van der Waals surface area contributed by atoms with Gasteiger partial charge in [0.1, 0.15) is 0 Å². The van der Waals surface area contributed by atoms with Crippen LogP contribution in [0.4, 0.5) is 0 Å². The maximum absolute atomic E-state index is 10.8. The predicted octanol–water partition coefficient (Wildman–Crippen LogP) is 1.30. The quantitative estimate of drug-likeness (QED) is 0.678. The third-order valence-corrected chi connectivity index (χ3v) is 2.32. The van der Waals surface area contributed by atoms with Crippen LogP contribution in [-0.2, 0) is 4.79 Å². The van der Waals surface area contributed by atoms with E-state index in [-0.39, 0.29) is 5.91 Å². The molecule has 2 nitrogen and oxygen atoms in total. The molecule has 10 heavy (non-hydrogen) atoms. The average molecular weight is 206 g/mol. The summed E-state index contributed by atoms with van der Waals surface area (Å²) in [6.45, 7) is 0.872. The van der Waals surface area contributed by atoms with E-state index < -0.39 is 0 Å². The fourth-order valence-corrected chi connectivity index (χ4v) is 1.90. The van der Waals surface area contributed by atoms with Gasteiger partial charge in [0.2, 0.25) is 5.91 Å². The van der Waals surface area contributed by atoms with Crippen molar-refractivity contribution in [2.24, 2.45) is 5.92 Å². The molecule has 0 aromatic rings. The Morgan fingerprint density at radius 2 is 2.50 bits per heavy atom. The lowest BCUT2D eigenvalue weighted by atomic mass is 9.95. The van der Waals surface area contributed by atoms with Crippen LogP contribution in [0, 0.1) is 5.92 Å². The number of rotatable bonds is 2. The second-order valence-corrected chi connectivity index (χ2v) is 3.48. The highest BCUT2D eigenvalue weighted by atomic mass is 79.9. The number of hydrogen-bond acceptors (Lipinski definition) is 1. The van der Waals surface area contributed by atoms with Crippen molar-refractivity contribution in [2.75, 3.05) is 11.9 Å². The molecule has 1 atom stereocenters. The Bertz CT molecular complexity index is 125. The van der Waals surface area contributed by atoms with E-state index >= 15 is 0 Å². The van der Waals surface area contributed by atoms with Gasteiger partial charge in [0.15, 0.2) is 0 Å². The molecule has 1 rings (SSSR count). The molecular weight excluding hydrogens is 194 g/mol. The summed E-state index contributed by atoms with van der Waals surface area (Å²) < 4.78 is 0. The lowest BCUT2D eigenvalue weighted by Crippen LogP contribution is -2.33. The third kappa shape index (κ3) is 2.29. The van der Waals surface area contributed by atoms with E-state index in [0.717, 1.165) is 31.1 Å². The molecule has 1 aliphatic rings. The monoisotopic (exact) mass is 205 g/mol. The molecule has 1 heterocycles. The minimum Gasteiger partial charge on any atom is -0.356 e. The minimum atomic E-state index is 0.220. The number of carbonyl (C=O) groups is 1. The second-order valence-electron chi connectivity index (χ2n) is 2.69. The molecule has 1 unspecified atom stereocenters. The maximum atomic E-state index is 10.8. The van der Waals surface area contributed by atoms with Crippen molar-refractivity contribution in [2.45, 2.75) is 19.3 Å². The summed E-state index contributed by atoms with van der Waals surface area (Å²) in [5.74, 6) is 0.838. The van der Waals surface area contributed by atoms with Crippen LogP contribution < -0.4 is 5.32 Å². The number of amides is 1. The Kier molecular flexibility index (Phi) is 3.19. The van der Waals surface area contributed by atoms with Crippen molar-refractivity contribution < 1.29 is 4.79 Å². The van der Waals surface area contributed by atoms with Crippen molar-refractivity contribution >= 4 is 21.8 Å². The van der Waals surface area contributed by atoms with Crippen LogP contribution >= 0.6 is 15.9 Å². The summed E-state index contributed by atoms with van der Waals surface area (Å²) in [4.78, 5) is 10.8. The van der Waals surface area contributed by atoms with Crippen LogP contribution in [0.25, 0.3) is 0 Å². The number of halogens is 1. The molecule has 0 bridgehead atoms. The Hall–Kier alpha value is -0.0500. The van der Waals surface area contributed by atoms with E-state index in [1.54, 1.807) is 0 Å². The first kappa shape index (κ1) is 8.05. The maximum Gasteiger partial charge on any atom is 0.220 e. The van der Waals surface area contributed by atoms with Gasteiger partial charge in [0.05, 0.1) is 0 Å². The Morgan fingerprint density at radius 1 is 1.70 bits per heavy atom. The zero-order chi connectivity index (χ0) is 7.40. The smallest absolute Gasteiger partial charge is 0.220 e. The summed E-state index contributed by atoms with van der Waals surface area (Å²) in [5, 5.41) is 3.83. The van der Waals surface area contributed by atoms with Crippen LogP contribution in [0.1, 0.15) is 19.3 Å². The van der Waals surface area contributed by atoms with Gasteiger partial charge in [-0.25, -0.2) is 0 Å². The fourth-order valence-electron chi connectivity index (χ4n) is 1.25. The largest absolute Gasteiger partial charge is 0.356 e. The number of nitrogens with one attached hydrogen (secondary N) is 1. The molecule has 1 amide bonds. The number of carbonyl (C=O) groups excluding carboxylic acids is 1. The molecule has 58 valence electrons. The van der Waals surface area contributed by atoms with Crippen molar-refractivity contribution in [3.8, 4) is 0 Å². The molecule has 1 saturated heterocycles. The number of hydrogen-bond donors (Lipinski definition) is 1. The first-order valence-electron chi connectivity index (χ1n) is 3.65. The molecule has 0 radical (unpaired) electrons. The first-order valence-corrected chi connectivity index (χ1v) is 4.77. The van der Waals surface area contributed by atoms with E-state index in [9.17, 15) is 4.79 Å². The SMILES string of the molecule is O=C1CC(CCBr)CCN1. The van der Waals surface area contributed by atoms with Gasteiger partial charge >= 0.3 is 0 Å². The molecule has 0 spiro atoms.